The summed E-state index contributed by atoms with van der Waals surface area (Å²) in [4.78, 5) is 21.8. The maximum atomic E-state index is 11.7. The van der Waals surface area contributed by atoms with Crippen molar-refractivity contribution in [2.24, 2.45) is 0 Å². The van der Waals surface area contributed by atoms with Crippen molar-refractivity contribution in [3.8, 4) is 0 Å². The first kappa shape index (κ1) is 10.7. The van der Waals surface area contributed by atoms with Crippen molar-refractivity contribution in [3.63, 3.8) is 0 Å². The van der Waals surface area contributed by atoms with Crippen molar-refractivity contribution < 1.29 is 4.79 Å². The molecule has 2 rings (SSSR count). The molecule has 1 aliphatic rings. The van der Waals surface area contributed by atoms with Crippen LogP contribution < -0.4 is 16.0 Å². The average molecular weight is 221 g/mol. The Balaban J connectivity index is 2.24. The highest BCUT2D eigenvalue weighted by molar-refractivity contribution is 5.86. The van der Waals surface area contributed by atoms with Crippen LogP contribution in [0.25, 0.3) is 0 Å². The van der Waals surface area contributed by atoms with Gasteiger partial charge >= 0.3 is 0 Å². The average Bonchev–Trinajstić information content (AvgIpc) is 2.30. The number of anilines is 2. The van der Waals surface area contributed by atoms with Crippen molar-refractivity contribution in [3.05, 3.63) is 12.4 Å². The van der Waals surface area contributed by atoms with Gasteiger partial charge < -0.3 is 16.0 Å². The smallest absolute Gasteiger partial charge is 0.242 e. The van der Waals surface area contributed by atoms with Crippen LogP contribution in [0.5, 0.6) is 0 Å². The van der Waals surface area contributed by atoms with Crippen LogP contribution in [0, 0.1) is 0 Å². The van der Waals surface area contributed by atoms with Crippen LogP contribution in [-0.4, -0.2) is 35.0 Å². The fraction of sp³-hybridized carbons (Fsp3) is 0.500. The lowest BCUT2D eigenvalue weighted by Crippen LogP contribution is -2.55. The van der Waals surface area contributed by atoms with Crippen LogP contribution in [0.2, 0.25) is 0 Å². The third-order valence-corrected chi connectivity index (χ3v) is 2.67. The number of carbonyl (C=O) groups is 1. The zero-order chi connectivity index (χ0) is 11.5. The van der Waals surface area contributed by atoms with E-state index in [0.717, 1.165) is 13.0 Å². The lowest BCUT2D eigenvalue weighted by Gasteiger charge is -2.35. The summed E-state index contributed by atoms with van der Waals surface area (Å²) < 4.78 is 0. The second kappa shape index (κ2) is 4.34. The molecule has 1 aromatic rings. The molecule has 0 saturated carbocycles. The number of aromatic nitrogens is 2. The molecule has 1 atom stereocenters. The highest BCUT2D eigenvalue weighted by Gasteiger charge is 2.28. The highest BCUT2D eigenvalue weighted by atomic mass is 16.2. The summed E-state index contributed by atoms with van der Waals surface area (Å²) in [7, 11) is 0. The van der Waals surface area contributed by atoms with Gasteiger partial charge in [0.05, 0.1) is 12.4 Å². The number of nitrogens with two attached hydrogens (primary N) is 1. The Morgan fingerprint density at radius 3 is 3.00 bits per heavy atom. The quantitative estimate of drug-likeness (QED) is 0.721. The molecule has 3 N–H and O–H groups in total. The monoisotopic (exact) mass is 221 g/mol. The van der Waals surface area contributed by atoms with Crippen molar-refractivity contribution in [1.29, 1.82) is 0 Å². The third-order valence-electron chi connectivity index (χ3n) is 2.67. The number of nitrogens with zero attached hydrogens (tertiary/aromatic N) is 3. The van der Waals surface area contributed by atoms with Crippen molar-refractivity contribution in [2.75, 3.05) is 23.7 Å². The van der Waals surface area contributed by atoms with E-state index in [1.807, 2.05) is 11.8 Å². The van der Waals surface area contributed by atoms with E-state index < -0.39 is 0 Å². The van der Waals surface area contributed by atoms with Gasteiger partial charge in [0.1, 0.15) is 17.7 Å². The van der Waals surface area contributed by atoms with E-state index in [1.165, 1.54) is 6.20 Å². The van der Waals surface area contributed by atoms with Gasteiger partial charge in [-0.05, 0) is 6.42 Å². The molecule has 2 heterocycles. The van der Waals surface area contributed by atoms with Gasteiger partial charge in [-0.3, -0.25) is 4.79 Å². The Kier molecular flexibility index (Phi) is 2.89. The maximum Gasteiger partial charge on any atom is 0.242 e. The summed E-state index contributed by atoms with van der Waals surface area (Å²) in [6.07, 6.45) is 3.86. The number of nitrogen functional groups attached to an aromatic ring is 1. The second-order valence-electron chi connectivity index (χ2n) is 3.71. The minimum Gasteiger partial charge on any atom is -0.382 e. The molecule has 1 aliphatic heterocycles. The summed E-state index contributed by atoms with van der Waals surface area (Å²) in [5.74, 6) is 1.14. The van der Waals surface area contributed by atoms with Gasteiger partial charge in [0.2, 0.25) is 5.91 Å². The number of piperazine rings is 1. The van der Waals surface area contributed by atoms with Gasteiger partial charge in [0.15, 0.2) is 0 Å². The second-order valence-corrected chi connectivity index (χ2v) is 3.71. The van der Waals surface area contributed by atoms with Crippen molar-refractivity contribution >= 4 is 17.5 Å². The highest BCUT2D eigenvalue weighted by Crippen LogP contribution is 2.17. The van der Waals surface area contributed by atoms with Crippen molar-refractivity contribution in [2.45, 2.75) is 19.4 Å². The molecule has 1 unspecified atom stereocenters. The Morgan fingerprint density at radius 2 is 2.38 bits per heavy atom. The molecule has 6 heteroatoms. The first-order chi connectivity index (χ1) is 7.72. The van der Waals surface area contributed by atoms with Crippen molar-refractivity contribution in [1.82, 2.24) is 15.3 Å². The fourth-order valence-corrected chi connectivity index (χ4v) is 1.87. The molecule has 0 radical (unpaired) electrons. The molecule has 6 nitrogen and oxygen atoms in total. The number of rotatable bonds is 2. The minimum atomic E-state index is -0.160. The van der Waals surface area contributed by atoms with E-state index in [-0.39, 0.29) is 11.9 Å². The summed E-state index contributed by atoms with van der Waals surface area (Å²) in [6.45, 7) is 3.37. The zero-order valence-corrected chi connectivity index (χ0v) is 9.18. The predicted octanol–water partition coefficient (Wildman–Crippen LogP) is -0.226. The largest absolute Gasteiger partial charge is 0.382 e. The van der Waals surface area contributed by atoms with Gasteiger partial charge in [0.25, 0.3) is 0 Å². The third kappa shape index (κ3) is 1.91. The van der Waals surface area contributed by atoms with Crippen LogP contribution in [0.4, 0.5) is 11.6 Å². The summed E-state index contributed by atoms with van der Waals surface area (Å²) >= 11 is 0. The number of hydrogen-bond donors (Lipinski definition) is 2. The van der Waals surface area contributed by atoms with E-state index >= 15 is 0 Å². The Bertz CT molecular complexity index is 377. The number of amides is 1. The van der Waals surface area contributed by atoms with Gasteiger partial charge in [-0.2, -0.15) is 0 Å². The molecule has 86 valence electrons. The molecule has 16 heavy (non-hydrogen) atoms. The maximum absolute atomic E-state index is 11.7. The number of nitrogens with one attached hydrogen (secondary N) is 1. The minimum absolute atomic E-state index is 0.0485. The van der Waals surface area contributed by atoms with Gasteiger partial charge in [-0.15, -0.1) is 0 Å². The topological polar surface area (TPSA) is 84.1 Å². The van der Waals surface area contributed by atoms with Gasteiger partial charge in [0, 0.05) is 13.1 Å². The molecule has 0 aromatic carbocycles. The molecule has 0 spiro atoms. The molecule has 1 fully saturated rings. The molecule has 0 aliphatic carbocycles. The van der Waals surface area contributed by atoms with Crippen LogP contribution in [0.1, 0.15) is 13.3 Å². The summed E-state index contributed by atoms with van der Waals surface area (Å²) in [5, 5.41) is 2.84. The zero-order valence-electron chi connectivity index (χ0n) is 9.18. The Hall–Kier alpha value is -1.85. The first-order valence-corrected chi connectivity index (χ1v) is 5.34. The van der Waals surface area contributed by atoms with Crippen LogP contribution in [-0.2, 0) is 4.79 Å². The number of hydrogen-bond acceptors (Lipinski definition) is 5. The normalized spacial score (nSPS) is 20.7. The van der Waals surface area contributed by atoms with E-state index in [9.17, 15) is 4.79 Å². The molecule has 1 saturated heterocycles. The molecule has 1 amide bonds. The predicted molar refractivity (Wildman–Crippen MR) is 60.9 cm³/mol. The van der Waals surface area contributed by atoms with E-state index in [2.05, 4.69) is 15.3 Å². The Morgan fingerprint density at radius 1 is 1.56 bits per heavy atom. The SMILES string of the molecule is CCC1C(=O)NCCN1c1cnc(N)cn1. The van der Waals surface area contributed by atoms with Gasteiger partial charge in [-0.25, -0.2) is 9.97 Å². The van der Waals surface area contributed by atoms with E-state index in [4.69, 9.17) is 5.73 Å². The standard InChI is InChI=1S/C10H15N5O/c1-2-7-10(16)12-3-4-15(7)9-6-13-8(11)5-14-9/h5-7H,2-4H2,1H3,(H2,11,13)(H,12,16). The van der Waals surface area contributed by atoms with Gasteiger partial charge in [-0.1, -0.05) is 6.92 Å². The van der Waals surface area contributed by atoms with E-state index in [0.29, 0.717) is 18.2 Å². The van der Waals surface area contributed by atoms with Crippen LogP contribution in [0.15, 0.2) is 12.4 Å². The lowest BCUT2D eigenvalue weighted by atomic mass is 10.1. The lowest BCUT2D eigenvalue weighted by molar-refractivity contribution is -0.123. The molecular weight excluding hydrogens is 206 g/mol. The first-order valence-electron chi connectivity index (χ1n) is 5.34. The Labute approximate surface area is 93.9 Å². The summed E-state index contributed by atoms with van der Waals surface area (Å²) in [6, 6.07) is -0.160. The fourth-order valence-electron chi connectivity index (χ4n) is 1.87. The van der Waals surface area contributed by atoms with Crippen LogP contribution >= 0.6 is 0 Å². The van der Waals surface area contributed by atoms with E-state index in [1.54, 1.807) is 6.20 Å². The summed E-state index contributed by atoms with van der Waals surface area (Å²) in [5.41, 5.74) is 5.48. The molecule has 0 bridgehead atoms. The molecule has 1 aromatic heterocycles. The van der Waals surface area contributed by atoms with Crippen LogP contribution in [0.3, 0.4) is 0 Å². The molecular formula is C10H15N5O. The number of carbonyl (C=O) groups excluding carboxylic acids is 1.